The largest absolute Gasteiger partial charge is 0.361 e. The maximum Gasteiger partial charge on any atom is 0.227 e. The quantitative estimate of drug-likeness (QED) is 0.748. The highest BCUT2D eigenvalue weighted by Gasteiger charge is 2.36. The summed E-state index contributed by atoms with van der Waals surface area (Å²) in [5, 5.41) is 1.15. The van der Waals surface area contributed by atoms with Gasteiger partial charge in [0.2, 0.25) is 11.9 Å². The number of benzene rings is 1. The highest BCUT2D eigenvalue weighted by molar-refractivity contribution is 5.89. The van der Waals surface area contributed by atoms with Gasteiger partial charge in [0, 0.05) is 74.8 Å². The number of rotatable bonds is 4. The fraction of sp³-hybridized carbons (Fsp3) is 0.381. The summed E-state index contributed by atoms with van der Waals surface area (Å²) < 4.78 is 0. The summed E-state index contributed by atoms with van der Waals surface area (Å²) in [5.74, 6) is 1.03. The Balaban J connectivity index is 1.12. The maximum atomic E-state index is 12.7. The molecule has 1 aromatic carbocycles. The summed E-state index contributed by atoms with van der Waals surface area (Å²) in [5.41, 5.74) is 2.17. The second-order valence-corrected chi connectivity index (χ2v) is 7.56. The predicted molar refractivity (Wildman–Crippen MR) is 108 cm³/mol. The number of likely N-dealkylation sites (tertiary alicyclic amines) is 1. The molecule has 2 fully saturated rings. The Morgan fingerprint density at radius 2 is 1.79 bits per heavy atom. The molecule has 4 heterocycles. The van der Waals surface area contributed by atoms with E-state index < -0.39 is 0 Å². The number of fused-ring (bicyclic) bond motifs is 1. The van der Waals surface area contributed by atoms with E-state index in [0.29, 0.717) is 12.5 Å². The molecule has 0 saturated carbocycles. The van der Waals surface area contributed by atoms with Crippen LogP contribution in [0.1, 0.15) is 5.56 Å². The first-order valence-electron chi connectivity index (χ1n) is 9.87. The lowest BCUT2D eigenvalue weighted by Crippen LogP contribution is -2.64. The van der Waals surface area contributed by atoms with Gasteiger partial charge in [-0.3, -0.25) is 9.69 Å². The zero-order valence-electron chi connectivity index (χ0n) is 15.8. The van der Waals surface area contributed by atoms with Crippen molar-refractivity contribution in [2.45, 2.75) is 12.5 Å². The third-order valence-electron chi connectivity index (χ3n) is 5.90. The van der Waals surface area contributed by atoms with Gasteiger partial charge in [-0.25, -0.2) is 9.97 Å². The second-order valence-electron chi connectivity index (χ2n) is 7.56. The van der Waals surface area contributed by atoms with Crippen LogP contribution in [-0.4, -0.2) is 76.0 Å². The minimum absolute atomic E-state index is 0.220. The molecule has 5 rings (SSSR count). The standard InChI is InChI=1S/C21H24N6O/c28-20(12-16-13-24-19-5-2-1-4-18(16)19)27-14-17(15-27)25-8-10-26(11-9-25)21-22-6-3-7-23-21/h1-7,13,17,24H,8-12,14-15H2. The van der Waals surface area contributed by atoms with E-state index in [1.165, 1.54) is 0 Å². The highest BCUT2D eigenvalue weighted by Crippen LogP contribution is 2.22. The lowest BCUT2D eigenvalue weighted by atomic mass is 10.0. The van der Waals surface area contributed by atoms with E-state index in [2.05, 4.69) is 30.8 Å². The number of nitrogens with one attached hydrogen (secondary N) is 1. The van der Waals surface area contributed by atoms with Gasteiger partial charge in [0.05, 0.1) is 6.42 Å². The minimum atomic E-state index is 0.220. The molecule has 7 nitrogen and oxygen atoms in total. The van der Waals surface area contributed by atoms with Gasteiger partial charge in [-0.2, -0.15) is 0 Å². The van der Waals surface area contributed by atoms with Gasteiger partial charge in [0.25, 0.3) is 0 Å². The van der Waals surface area contributed by atoms with Crippen molar-refractivity contribution < 1.29 is 4.79 Å². The fourth-order valence-electron chi connectivity index (χ4n) is 4.18. The van der Waals surface area contributed by atoms with Crippen molar-refractivity contribution >= 4 is 22.8 Å². The van der Waals surface area contributed by atoms with Crippen molar-refractivity contribution in [1.82, 2.24) is 24.8 Å². The van der Waals surface area contributed by atoms with Crippen molar-refractivity contribution in [3.05, 3.63) is 54.5 Å². The Hall–Kier alpha value is -2.93. The first-order chi connectivity index (χ1) is 13.8. The number of para-hydroxylation sites is 1. The average molecular weight is 376 g/mol. The Labute approximate surface area is 164 Å². The lowest BCUT2D eigenvalue weighted by Gasteiger charge is -2.48. The van der Waals surface area contributed by atoms with E-state index >= 15 is 0 Å². The van der Waals surface area contributed by atoms with Crippen LogP contribution in [0, 0.1) is 0 Å². The number of hydrogen-bond acceptors (Lipinski definition) is 5. The van der Waals surface area contributed by atoms with Crippen molar-refractivity contribution in [1.29, 1.82) is 0 Å². The van der Waals surface area contributed by atoms with Gasteiger partial charge < -0.3 is 14.8 Å². The topological polar surface area (TPSA) is 68.4 Å². The monoisotopic (exact) mass is 376 g/mol. The number of carbonyl (C=O) groups is 1. The van der Waals surface area contributed by atoms with E-state index in [-0.39, 0.29) is 5.91 Å². The molecule has 0 radical (unpaired) electrons. The highest BCUT2D eigenvalue weighted by atomic mass is 16.2. The van der Waals surface area contributed by atoms with Gasteiger partial charge in [-0.15, -0.1) is 0 Å². The number of aromatic amines is 1. The summed E-state index contributed by atoms with van der Waals surface area (Å²) in [6.45, 7) is 5.53. The number of H-pyrrole nitrogens is 1. The molecular weight excluding hydrogens is 352 g/mol. The fourth-order valence-corrected chi connectivity index (χ4v) is 4.18. The Morgan fingerprint density at radius 1 is 1.04 bits per heavy atom. The third-order valence-corrected chi connectivity index (χ3v) is 5.90. The van der Waals surface area contributed by atoms with Gasteiger partial charge in [-0.1, -0.05) is 18.2 Å². The molecule has 28 heavy (non-hydrogen) atoms. The summed E-state index contributed by atoms with van der Waals surface area (Å²) in [6, 6.07) is 10.5. The second kappa shape index (κ2) is 7.24. The summed E-state index contributed by atoms with van der Waals surface area (Å²) >= 11 is 0. The van der Waals surface area contributed by atoms with Crippen LogP contribution in [-0.2, 0) is 11.2 Å². The van der Waals surface area contributed by atoms with E-state index in [0.717, 1.165) is 61.7 Å². The van der Waals surface area contributed by atoms with Gasteiger partial charge in [0.1, 0.15) is 0 Å². The normalized spacial score (nSPS) is 18.4. The Bertz CT molecular complexity index is 957. The molecule has 2 aliphatic rings. The van der Waals surface area contributed by atoms with Crippen LogP contribution in [0.2, 0.25) is 0 Å². The Morgan fingerprint density at radius 3 is 2.57 bits per heavy atom. The predicted octanol–water partition coefficient (Wildman–Crippen LogP) is 1.53. The van der Waals surface area contributed by atoms with Crippen molar-refractivity contribution in [3.63, 3.8) is 0 Å². The van der Waals surface area contributed by atoms with E-state index in [1.54, 1.807) is 12.4 Å². The molecule has 2 saturated heterocycles. The molecule has 0 bridgehead atoms. The molecule has 1 N–H and O–H groups in total. The van der Waals surface area contributed by atoms with Crippen LogP contribution in [0.25, 0.3) is 10.9 Å². The number of nitrogens with zero attached hydrogens (tertiary/aromatic N) is 5. The molecule has 1 amide bonds. The molecule has 3 aromatic rings. The first kappa shape index (κ1) is 17.2. The summed E-state index contributed by atoms with van der Waals surface area (Å²) in [4.78, 5) is 31.3. The van der Waals surface area contributed by atoms with Crippen LogP contribution >= 0.6 is 0 Å². The number of amides is 1. The number of piperazine rings is 1. The average Bonchev–Trinajstić information content (AvgIpc) is 3.11. The van der Waals surface area contributed by atoms with Crippen LogP contribution in [0.4, 0.5) is 5.95 Å². The molecule has 0 unspecified atom stereocenters. The van der Waals surface area contributed by atoms with Crippen LogP contribution in [0.15, 0.2) is 48.9 Å². The smallest absolute Gasteiger partial charge is 0.227 e. The van der Waals surface area contributed by atoms with E-state index in [1.807, 2.05) is 35.4 Å². The third kappa shape index (κ3) is 3.22. The molecule has 0 atom stereocenters. The van der Waals surface area contributed by atoms with Crippen LogP contribution in [0.3, 0.4) is 0 Å². The molecule has 2 aliphatic heterocycles. The van der Waals surface area contributed by atoms with E-state index in [4.69, 9.17) is 0 Å². The molecule has 0 aliphatic carbocycles. The molecule has 2 aromatic heterocycles. The number of carbonyl (C=O) groups excluding carboxylic acids is 1. The summed E-state index contributed by atoms with van der Waals surface area (Å²) in [7, 11) is 0. The maximum absolute atomic E-state index is 12.7. The van der Waals surface area contributed by atoms with Crippen LogP contribution in [0.5, 0.6) is 0 Å². The number of anilines is 1. The lowest BCUT2D eigenvalue weighted by molar-refractivity contribution is -0.138. The molecule has 0 spiro atoms. The van der Waals surface area contributed by atoms with Crippen molar-refractivity contribution in [3.8, 4) is 0 Å². The zero-order chi connectivity index (χ0) is 18.9. The van der Waals surface area contributed by atoms with Gasteiger partial charge in [-0.05, 0) is 17.7 Å². The number of hydrogen-bond donors (Lipinski definition) is 1. The van der Waals surface area contributed by atoms with Gasteiger partial charge in [0.15, 0.2) is 0 Å². The minimum Gasteiger partial charge on any atom is -0.361 e. The molecule has 144 valence electrons. The Kier molecular flexibility index (Phi) is 4.44. The van der Waals surface area contributed by atoms with Crippen LogP contribution < -0.4 is 4.90 Å². The first-order valence-corrected chi connectivity index (χ1v) is 9.87. The summed E-state index contributed by atoms with van der Waals surface area (Å²) in [6.07, 6.45) is 6.01. The SMILES string of the molecule is O=C(Cc1c[nH]c2ccccc12)N1CC(N2CCN(c3ncccn3)CC2)C1. The molecule has 7 heteroatoms. The molecular formula is C21H24N6O. The van der Waals surface area contributed by atoms with Crippen molar-refractivity contribution in [2.24, 2.45) is 0 Å². The van der Waals surface area contributed by atoms with E-state index in [9.17, 15) is 4.79 Å². The van der Waals surface area contributed by atoms with Crippen molar-refractivity contribution in [2.75, 3.05) is 44.2 Å². The van der Waals surface area contributed by atoms with Gasteiger partial charge >= 0.3 is 0 Å². The zero-order valence-corrected chi connectivity index (χ0v) is 15.8. The number of aromatic nitrogens is 3.